The van der Waals surface area contributed by atoms with E-state index in [0.717, 1.165) is 50.6 Å². The molecule has 0 bridgehead atoms. The average Bonchev–Trinajstić information content (AvgIpc) is 3.02. The smallest absolute Gasteiger partial charge is 0.317 e. The number of aromatic nitrogens is 4. The van der Waals surface area contributed by atoms with Gasteiger partial charge in [0.15, 0.2) is 5.65 Å². The molecule has 2 aliphatic rings. The van der Waals surface area contributed by atoms with Gasteiger partial charge >= 0.3 is 6.03 Å². The van der Waals surface area contributed by atoms with E-state index in [-0.39, 0.29) is 18.1 Å². The highest BCUT2D eigenvalue weighted by molar-refractivity contribution is 5.75. The number of likely N-dealkylation sites (N-methyl/N-ethyl adjacent to an activating group) is 1. The summed E-state index contributed by atoms with van der Waals surface area (Å²) in [5.41, 5.74) is 0.726. The molecule has 2 aliphatic heterocycles. The summed E-state index contributed by atoms with van der Waals surface area (Å²) >= 11 is 0. The normalized spacial score (nSPS) is 19.3. The fourth-order valence-electron chi connectivity index (χ4n) is 3.06. The Kier molecular flexibility index (Phi) is 3.93. The van der Waals surface area contributed by atoms with Crippen molar-refractivity contribution in [2.24, 2.45) is 0 Å². The van der Waals surface area contributed by atoms with Crippen LogP contribution in [0.1, 0.15) is 12.8 Å². The summed E-state index contributed by atoms with van der Waals surface area (Å²) in [4.78, 5) is 16.3. The summed E-state index contributed by atoms with van der Waals surface area (Å²) < 4.78 is 6.98. The number of ether oxygens (including phenoxy) is 1. The summed E-state index contributed by atoms with van der Waals surface area (Å²) in [6.45, 7) is 3.00. The predicted molar refractivity (Wildman–Crippen MR) is 86.9 cm³/mol. The molecule has 24 heavy (non-hydrogen) atoms. The van der Waals surface area contributed by atoms with E-state index in [0.29, 0.717) is 0 Å². The standard InChI is InChI=1S/C15H21N7O2/c1-20(15(23)17-11-4-6-24-7-5-11)12-8-21(9-12)14-3-2-13-18-16-10-22(13)19-14/h2-3,10-12H,4-9H2,1H3,(H,17,23). The zero-order valence-corrected chi connectivity index (χ0v) is 13.6. The third-order valence-corrected chi connectivity index (χ3v) is 4.75. The summed E-state index contributed by atoms with van der Waals surface area (Å²) in [6.07, 6.45) is 3.36. The van der Waals surface area contributed by atoms with E-state index in [1.165, 1.54) is 0 Å². The van der Waals surface area contributed by atoms with Gasteiger partial charge in [-0.1, -0.05) is 0 Å². The highest BCUT2D eigenvalue weighted by Crippen LogP contribution is 2.21. The van der Waals surface area contributed by atoms with E-state index in [1.807, 2.05) is 19.2 Å². The molecule has 0 aromatic carbocycles. The highest BCUT2D eigenvalue weighted by Gasteiger charge is 2.34. The van der Waals surface area contributed by atoms with E-state index in [9.17, 15) is 4.79 Å². The van der Waals surface area contributed by atoms with Crippen LogP contribution in [0.3, 0.4) is 0 Å². The lowest BCUT2D eigenvalue weighted by Crippen LogP contribution is -2.62. The van der Waals surface area contributed by atoms with Gasteiger partial charge in [0.05, 0.1) is 6.04 Å². The molecular weight excluding hydrogens is 310 g/mol. The molecule has 4 heterocycles. The Bertz CT molecular complexity index is 721. The van der Waals surface area contributed by atoms with Crippen molar-refractivity contribution in [1.29, 1.82) is 0 Å². The number of amides is 2. The summed E-state index contributed by atoms with van der Waals surface area (Å²) in [5, 5.41) is 15.3. The Hall–Kier alpha value is -2.42. The van der Waals surface area contributed by atoms with Crippen LogP contribution in [-0.2, 0) is 4.74 Å². The average molecular weight is 331 g/mol. The van der Waals surface area contributed by atoms with E-state index in [4.69, 9.17) is 4.74 Å². The van der Waals surface area contributed by atoms with Crippen molar-refractivity contribution in [3.8, 4) is 0 Å². The number of nitrogens with zero attached hydrogens (tertiary/aromatic N) is 6. The third kappa shape index (κ3) is 2.86. The van der Waals surface area contributed by atoms with Crippen LogP contribution in [0.5, 0.6) is 0 Å². The van der Waals surface area contributed by atoms with Gasteiger partial charge in [-0.25, -0.2) is 4.79 Å². The van der Waals surface area contributed by atoms with Crippen LogP contribution >= 0.6 is 0 Å². The second-order valence-corrected chi connectivity index (χ2v) is 6.33. The molecule has 2 amide bonds. The van der Waals surface area contributed by atoms with Gasteiger partial charge in [-0.2, -0.15) is 4.52 Å². The molecule has 2 aromatic rings. The number of carbonyl (C=O) groups excluding carboxylic acids is 1. The van der Waals surface area contributed by atoms with Crippen LogP contribution in [0, 0.1) is 0 Å². The first-order valence-corrected chi connectivity index (χ1v) is 8.24. The molecule has 0 saturated carbocycles. The third-order valence-electron chi connectivity index (χ3n) is 4.75. The SMILES string of the molecule is CN(C(=O)NC1CCOCC1)C1CN(c2ccc3nncn3n2)C1. The van der Waals surface area contributed by atoms with Gasteiger partial charge in [-0.15, -0.1) is 15.3 Å². The molecular formula is C15H21N7O2. The molecule has 0 radical (unpaired) electrons. The maximum Gasteiger partial charge on any atom is 0.317 e. The van der Waals surface area contributed by atoms with E-state index < -0.39 is 0 Å². The minimum atomic E-state index is -0.00577. The topological polar surface area (TPSA) is 87.9 Å². The lowest BCUT2D eigenvalue weighted by atomic mass is 10.1. The molecule has 0 aliphatic carbocycles. The van der Waals surface area contributed by atoms with Crippen LogP contribution in [-0.4, -0.2) is 76.2 Å². The van der Waals surface area contributed by atoms with Gasteiger partial charge in [-0.05, 0) is 25.0 Å². The second kappa shape index (κ2) is 6.23. The van der Waals surface area contributed by atoms with Crippen LogP contribution < -0.4 is 10.2 Å². The number of carbonyl (C=O) groups is 1. The van der Waals surface area contributed by atoms with Crippen LogP contribution in [0.25, 0.3) is 5.65 Å². The lowest BCUT2D eigenvalue weighted by molar-refractivity contribution is 0.0773. The first kappa shape index (κ1) is 15.1. The summed E-state index contributed by atoms with van der Waals surface area (Å²) in [6, 6.07) is 4.24. The van der Waals surface area contributed by atoms with Gasteiger partial charge in [0.25, 0.3) is 0 Å². The Morgan fingerprint density at radius 3 is 2.92 bits per heavy atom. The van der Waals surface area contributed by atoms with Gasteiger partial charge in [0.2, 0.25) is 0 Å². The molecule has 9 heteroatoms. The maximum atomic E-state index is 12.3. The van der Waals surface area contributed by atoms with E-state index in [2.05, 4.69) is 25.5 Å². The van der Waals surface area contributed by atoms with Crippen molar-refractivity contribution in [2.45, 2.75) is 24.9 Å². The molecule has 4 rings (SSSR count). The van der Waals surface area contributed by atoms with Gasteiger partial charge < -0.3 is 19.9 Å². The Morgan fingerprint density at radius 1 is 1.33 bits per heavy atom. The molecule has 2 aromatic heterocycles. The maximum absolute atomic E-state index is 12.3. The predicted octanol–water partition coefficient (Wildman–Crippen LogP) is 0.133. The molecule has 9 nitrogen and oxygen atoms in total. The second-order valence-electron chi connectivity index (χ2n) is 6.33. The minimum Gasteiger partial charge on any atom is -0.381 e. The Labute approximate surface area is 139 Å². The van der Waals surface area contributed by atoms with Crippen molar-refractivity contribution in [3.63, 3.8) is 0 Å². The number of rotatable bonds is 3. The van der Waals surface area contributed by atoms with Gasteiger partial charge in [0, 0.05) is 39.4 Å². The molecule has 0 atom stereocenters. The zero-order chi connectivity index (χ0) is 16.5. The molecule has 2 fully saturated rings. The number of nitrogens with one attached hydrogen (secondary N) is 1. The van der Waals surface area contributed by atoms with E-state index in [1.54, 1.807) is 15.7 Å². The van der Waals surface area contributed by atoms with Gasteiger partial charge in [-0.3, -0.25) is 0 Å². The van der Waals surface area contributed by atoms with Crippen molar-refractivity contribution in [1.82, 2.24) is 30.0 Å². The molecule has 128 valence electrons. The first-order chi connectivity index (χ1) is 11.7. The number of hydrogen-bond donors (Lipinski definition) is 1. The lowest BCUT2D eigenvalue weighted by Gasteiger charge is -2.44. The highest BCUT2D eigenvalue weighted by atomic mass is 16.5. The van der Waals surface area contributed by atoms with Crippen molar-refractivity contribution in [3.05, 3.63) is 18.5 Å². The fraction of sp³-hybridized carbons (Fsp3) is 0.600. The molecule has 2 saturated heterocycles. The Morgan fingerprint density at radius 2 is 2.12 bits per heavy atom. The number of fused-ring (bicyclic) bond motifs is 1. The van der Waals surface area contributed by atoms with Crippen molar-refractivity contribution in [2.75, 3.05) is 38.3 Å². The zero-order valence-electron chi connectivity index (χ0n) is 13.6. The minimum absolute atomic E-state index is 0.00577. The molecule has 1 N–H and O–H groups in total. The van der Waals surface area contributed by atoms with E-state index >= 15 is 0 Å². The summed E-state index contributed by atoms with van der Waals surface area (Å²) in [5.74, 6) is 0.872. The number of hydrogen-bond acceptors (Lipinski definition) is 6. The van der Waals surface area contributed by atoms with Crippen LogP contribution in [0.2, 0.25) is 0 Å². The van der Waals surface area contributed by atoms with Crippen LogP contribution in [0.4, 0.5) is 10.6 Å². The number of urea groups is 1. The summed E-state index contributed by atoms with van der Waals surface area (Å²) in [7, 11) is 1.85. The molecule has 0 spiro atoms. The fourth-order valence-corrected chi connectivity index (χ4v) is 3.06. The monoisotopic (exact) mass is 331 g/mol. The van der Waals surface area contributed by atoms with Crippen molar-refractivity contribution < 1.29 is 9.53 Å². The largest absolute Gasteiger partial charge is 0.381 e. The number of anilines is 1. The Balaban J connectivity index is 1.31. The molecule has 0 unspecified atom stereocenters. The van der Waals surface area contributed by atoms with Crippen LogP contribution in [0.15, 0.2) is 18.5 Å². The van der Waals surface area contributed by atoms with Crippen molar-refractivity contribution >= 4 is 17.5 Å². The van der Waals surface area contributed by atoms with Gasteiger partial charge in [0.1, 0.15) is 12.1 Å². The quantitative estimate of drug-likeness (QED) is 0.860. The first-order valence-electron chi connectivity index (χ1n) is 8.24.